The molecule has 0 aromatic heterocycles. The highest BCUT2D eigenvalue weighted by Crippen LogP contribution is 2.21. The maximum atomic E-state index is 13.5. The molecule has 2 aromatic rings. The van der Waals surface area contributed by atoms with Crippen LogP contribution in [0.2, 0.25) is 0 Å². The molecule has 0 aliphatic heterocycles. The summed E-state index contributed by atoms with van der Waals surface area (Å²) >= 11 is 2.14. The Morgan fingerprint density at radius 1 is 1.06 bits per heavy atom. The molecular formula is C25H32IN3O4S. The molecule has 0 bridgehead atoms. The van der Waals surface area contributed by atoms with Crippen LogP contribution < -0.4 is 9.62 Å². The number of nitrogens with zero attached hydrogens (tertiary/aromatic N) is 2. The van der Waals surface area contributed by atoms with Gasteiger partial charge >= 0.3 is 0 Å². The summed E-state index contributed by atoms with van der Waals surface area (Å²) in [6, 6.07) is 16.1. The normalized spacial score (nSPS) is 15.0. The van der Waals surface area contributed by atoms with Crippen LogP contribution in [0.3, 0.4) is 0 Å². The van der Waals surface area contributed by atoms with Crippen molar-refractivity contribution in [1.82, 2.24) is 10.2 Å². The summed E-state index contributed by atoms with van der Waals surface area (Å²) < 4.78 is 27.2. The van der Waals surface area contributed by atoms with Gasteiger partial charge in [0.05, 0.1) is 11.9 Å². The van der Waals surface area contributed by atoms with Crippen LogP contribution in [-0.2, 0) is 26.0 Å². The molecule has 1 N–H and O–H groups in total. The van der Waals surface area contributed by atoms with E-state index in [1.807, 2.05) is 30.3 Å². The molecule has 184 valence electrons. The number of halogens is 1. The van der Waals surface area contributed by atoms with Crippen LogP contribution in [0, 0.1) is 3.57 Å². The van der Waals surface area contributed by atoms with Crippen molar-refractivity contribution >= 4 is 50.1 Å². The van der Waals surface area contributed by atoms with E-state index in [9.17, 15) is 18.0 Å². The van der Waals surface area contributed by atoms with Gasteiger partial charge in [0.2, 0.25) is 21.8 Å². The van der Waals surface area contributed by atoms with Gasteiger partial charge in [0.25, 0.3) is 0 Å². The molecular weight excluding hydrogens is 565 g/mol. The third-order valence-corrected chi connectivity index (χ3v) is 8.01. The van der Waals surface area contributed by atoms with E-state index >= 15 is 0 Å². The molecule has 1 saturated carbocycles. The molecule has 0 unspecified atom stereocenters. The highest BCUT2D eigenvalue weighted by molar-refractivity contribution is 14.1. The van der Waals surface area contributed by atoms with E-state index in [0.29, 0.717) is 18.7 Å². The molecule has 2 amide bonds. The van der Waals surface area contributed by atoms with E-state index in [2.05, 4.69) is 27.9 Å². The smallest absolute Gasteiger partial charge is 0.244 e. The van der Waals surface area contributed by atoms with Crippen molar-refractivity contribution in [2.24, 2.45) is 0 Å². The molecule has 9 heteroatoms. The lowest BCUT2D eigenvalue weighted by Gasteiger charge is -2.32. The maximum Gasteiger partial charge on any atom is 0.244 e. The third-order valence-electron chi connectivity index (χ3n) is 6.15. The van der Waals surface area contributed by atoms with Gasteiger partial charge in [-0.1, -0.05) is 43.2 Å². The van der Waals surface area contributed by atoms with E-state index in [1.54, 1.807) is 31.2 Å². The van der Waals surface area contributed by atoms with Gasteiger partial charge in [-0.3, -0.25) is 13.9 Å². The topological polar surface area (TPSA) is 86.8 Å². The number of benzene rings is 2. The van der Waals surface area contributed by atoms with E-state index < -0.39 is 22.0 Å². The largest absolute Gasteiger partial charge is 0.352 e. The SMILES string of the molecule is C[C@H](C(=O)NC1CCCC1)N(CCc1ccccc1)C(=O)CN(c1ccc(I)cc1)S(C)(=O)=O. The molecule has 2 aromatic carbocycles. The van der Waals surface area contributed by atoms with Gasteiger partial charge in [-0.2, -0.15) is 0 Å². The summed E-state index contributed by atoms with van der Waals surface area (Å²) in [5.74, 6) is -0.609. The lowest BCUT2D eigenvalue weighted by Crippen LogP contribution is -2.53. The molecule has 1 atom stereocenters. The monoisotopic (exact) mass is 597 g/mol. The molecule has 1 fully saturated rings. The van der Waals surface area contributed by atoms with Gasteiger partial charge in [-0.25, -0.2) is 8.42 Å². The van der Waals surface area contributed by atoms with Crippen molar-refractivity contribution in [3.63, 3.8) is 0 Å². The lowest BCUT2D eigenvalue weighted by atomic mass is 10.1. The molecule has 1 aliphatic rings. The van der Waals surface area contributed by atoms with Crippen molar-refractivity contribution < 1.29 is 18.0 Å². The Labute approximate surface area is 216 Å². The van der Waals surface area contributed by atoms with Gasteiger partial charge in [0.15, 0.2) is 0 Å². The van der Waals surface area contributed by atoms with Crippen LogP contribution in [0.5, 0.6) is 0 Å². The second kappa shape index (κ2) is 12.0. The fourth-order valence-corrected chi connectivity index (χ4v) is 5.39. The summed E-state index contributed by atoms with van der Waals surface area (Å²) in [7, 11) is -3.71. The molecule has 3 rings (SSSR count). The van der Waals surface area contributed by atoms with Crippen LogP contribution >= 0.6 is 22.6 Å². The van der Waals surface area contributed by atoms with Gasteiger partial charge in [0.1, 0.15) is 12.6 Å². The Bertz CT molecular complexity index is 1070. The van der Waals surface area contributed by atoms with E-state index in [1.165, 1.54) is 4.90 Å². The van der Waals surface area contributed by atoms with Gasteiger partial charge in [0, 0.05) is 16.2 Å². The van der Waals surface area contributed by atoms with E-state index in [0.717, 1.165) is 45.4 Å². The molecule has 0 radical (unpaired) electrons. The Morgan fingerprint density at radius 3 is 2.26 bits per heavy atom. The van der Waals surface area contributed by atoms with Crippen LogP contribution in [0.1, 0.15) is 38.2 Å². The molecule has 1 aliphatic carbocycles. The number of hydrogen-bond donors (Lipinski definition) is 1. The lowest BCUT2D eigenvalue weighted by molar-refractivity contribution is -0.139. The molecule has 0 saturated heterocycles. The minimum absolute atomic E-state index is 0.139. The second-order valence-corrected chi connectivity index (χ2v) is 11.9. The van der Waals surface area contributed by atoms with Crippen LogP contribution in [0.15, 0.2) is 54.6 Å². The predicted molar refractivity (Wildman–Crippen MR) is 143 cm³/mol. The number of rotatable bonds is 10. The highest BCUT2D eigenvalue weighted by atomic mass is 127. The van der Waals surface area contributed by atoms with E-state index in [4.69, 9.17) is 0 Å². The zero-order valence-corrected chi connectivity index (χ0v) is 22.6. The minimum Gasteiger partial charge on any atom is -0.352 e. The number of nitrogens with one attached hydrogen (secondary N) is 1. The number of hydrogen-bond acceptors (Lipinski definition) is 4. The summed E-state index contributed by atoms with van der Waals surface area (Å²) in [4.78, 5) is 28.0. The number of anilines is 1. The second-order valence-electron chi connectivity index (χ2n) is 8.73. The molecule has 0 heterocycles. The van der Waals surface area contributed by atoms with E-state index in [-0.39, 0.29) is 18.5 Å². The number of carbonyl (C=O) groups is 2. The van der Waals surface area contributed by atoms with Gasteiger partial charge < -0.3 is 10.2 Å². The standard InChI is InChI=1S/C25H32IN3O4S/c1-19(25(31)27-22-10-6-7-11-22)28(17-16-20-8-4-3-5-9-20)24(30)18-29(34(2,32)33)23-14-12-21(26)13-15-23/h3-5,8-9,12-15,19,22H,6-7,10-11,16-18H2,1-2H3,(H,27,31)/t19-/m1/s1. The fourth-order valence-electron chi connectivity index (χ4n) is 4.18. The summed E-state index contributed by atoms with van der Waals surface area (Å²) in [6.07, 6.45) is 5.74. The first-order chi connectivity index (χ1) is 16.1. The first-order valence-electron chi connectivity index (χ1n) is 11.5. The van der Waals surface area contributed by atoms with Crippen LogP contribution in [0.25, 0.3) is 0 Å². The average Bonchev–Trinajstić information content (AvgIpc) is 3.31. The average molecular weight is 598 g/mol. The van der Waals surface area contributed by atoms with Crippen molar-refractivity contribution in [3.05, 3.63) is 63.7 Å². The number of carbonyl (C=O) groups excluding carboxylic acids is 2. The van der Waals surface area contributed by atoms with Crippen molar-refractivity contribution in [2.75, 3.05) is 23.7 Å². The summed E-state index contributed by atoms with van der Waals surface area (Å²) in [6.45, 7) is 1.66. The molecule has 0 spiro atoms. The Morgan fingerprint density at radius 2 is 1.68 bits per heavy atom. The first-order valence-corrected chi connectivity index (χ1v) is 14.4. The molecule has 34 heavy (non-hydrogen) atoms. The van der Waals surface area contributed by atoms with Gasteiger partial charge in [-0.15, -0.1) is 0 Å². The number of sulfonamides is 1. The predicted octanol–water partition coefficient (Wildman–Crippen LogP) is 3.58. The summed E-state index contributed by atoms with van der Waals surface area (Å²) in [5.41, 5.74) is 1.46. The maximum absolute atomic E-state index is 13.5. The zero-order chi connectivity index (χ0) is 24.7. The van der Waals surface area contributed by atoms with Crippen molar-refractivity contribution in [2.45, 2.75) is 51.1 Å². The Hall–Kier alpha value is -2.14. The quantitative estimate of drug-likeness (QED) is 0.425. The molecule has 7 nitrogen and oxygen atoms in total. The van der Waals surface area contributed by atoms with Crippen molar-refractivity contribution in [1.29, 1.82) is 0 Å². The Kier molecular flexibility index (Phi) is 9.35. The number of amides is 2. The van der Waals surface area contributed by atoms with Crippen molar-refractivity contribution in [3.8, 4) is 0 Å². The fraction of sp³-hybridized carbons (Fsp3) is 0.440. The van der Waals surface area contributed by atoms with Gasteiger partial charge in [-0.05, 0) is 78.6 Å². The van der Waals surface area contributed by atoms with Crippen LogP contribution in [0.4, 0.5) is 5.69 Å². The highest BCUT2D eigenvalue weighted by Gasteiger charge is 2.31. The third kappa shape index (κ3) is 7.43. The Balaban J connectivity index is 1.81. The minimum atomic E-state index is -3.71. The first kappa shape index (κ1) is 26.5. The zero-order valence-electron chi connectivity index (χ0n) is 19.6. The summed E-state index contributed by atoms with van der Waals surface area (Å²) in [5, 5.41) is 3.07. The van der Waals surface area contributed by atoms with Crippen LogP contribution in [-0.4, -0.2) is 56.6 Å².